The first-order valence-electron chi connectivity index (χ1n) is 13.0. The van der Waals surface area contributed by atoms with Crippen molar-refractivity contribution in [3.05, 3.63) is 87.0 Å². The van der Waals surface area contributed by atoms with E-state index in [2.05, 4.69) is 10.3 Å². The molecule has 0 unspecified atom stereocenters. The van der Waals surface area contributed by atoms with Gasteiger partial charge in [-0.25, -0.2) is 9.59 Å². The third-order valence-electron chi connectivity index (χ3n) is 7.13. The van der Waals surface area contributed by atoms with Crippen LogP contribution in [0.4, 0.5) is 16.2 Å². The van der Waals surface area contributed by atoms with Crippen LogP contribution in [-0.4, -0.2) is 67.5 Å². The van der Waals surface area contributed by atoms with Crippen LogP contribution in [0.5, 0.6) is 0 Å². The molecule has 216 valence electrons. The number of benzene rings is 3. The lowest BCUT2D eigenvalue weighted by atomic mass is 9.96. The summed E-state index contributed by atoms with van der Waals surface area (Å²) < 4.78 is 5.43. The van der Waals surface area contributed by atoms with Gasteiger partial charge in [0.2, 0.25) is 0 Å². The highest BCUT2D eigenvalue weighted by Crippen LogP contribution is 2.38. The maximum atomic E-state index is 13.6. The topological polar surface area (TPSA) is 138 Å². The number of nitrogens with zero attached hydrogens (tertiary/aromatic N) is 3. The number of nitrogens with two attached hydrogens (primary N) is 1. The highest BCUT2D eigenvalue weighted by Gasteiger charge is 2.33. The molecule has 0 saturated carbocycles. The molecular weight excluding hydrogens is 581 g/mol. The Labute approximate surface area is 252 Å². The van der Waals surface area contributed by atoms with E-state index in [9.17, 15) is 19.5 Å². The summed E-state index contributed by atoms with van der Waals surface area (Å²) in [6.45, 7) is 2.10. The number of hydrogen-bond acceptors (Lipinski definition) is 7. The molecule has 3 amide bonds. The van der Waals surface area contributed by atoms with E-state index in [1.165, 1.54) is 12.4 Å². The molecule has 10 nitrogen and oxygen atoms in total. The molecule has 0 aliphatic carbocycles. The molecule has 3 aromatic carbocycles. The van der Waals surface area contributed by atoms with Gasteiger partial charge in [0.05, 0.1) is 52.3 Å². The van der Waals surface area contributed by atoms with Crippen LogP contribution >= 0.6 is 23.2 Å². The maximum Gasteiger partial charge on any atom is 0.337 e. The summed E-state index contributed by atoms with van der Waals surface area (Å²) in [6, 6.07) is 13.0. The van der Waals surface area contributed by atoms with Crippen LogP contribution in [0.3, 0.4) is 0 Å². The molecule has 1 saturated heterocycles. The number of nitrogens with one attached hydrogen (secondary N) is 1. The zero-order chi connectivity index (χ0) is 30.0. The first-order valence-corrected chi connectivity index (χ1v) is 13.8. The van der Waals surface area contributed by atoms with Gasteiger partial charge in [0.15, 0.2) is 0 Å². The number of fused-ring (bicyclic) bond motifs is 1. The number of allylic oxidation sites excluding steroid dienone is 1. The summed E-state index contributed by atoms with van der Waals surface area (Å²) in [5, 5.41) is 12.8. The number of halogens is 2. The molecule has 0 atom stereocenters. The molecule has 2 aliphatic heterocycles. The number of carboxylic acid groups (broad SMARTS) is 1. The van der Waals surface area contributed by atoms with Crippen molar-refractivity contribution in [2.24, 2.45) is 10.7 Å². The highest BCUT2D eigenvalue weighted by atomic mass is 35.5. The van der Waals surface area contributed by atoms with Crippen LogP contribution in [0.25, 0.3) is 16.7 Å². The van der Waals surface area contributed by atoms with Gasteiger partial charge < -0.3 is 25.8 Å². The van der Waals surface area contributed by atoms with Gasteiger partial charge in [0.25, 0.3) is 5.91 Å². The monoisotopic (exact) mass is 607 g/mol. The predicted molar refractivity (Wildman–Crippen MR) is 164 cm³/mol. The number of rotatable bonds is 6. The Bertz CT molecular complexity index is 1630. The number of anilines is 2. The van der Waals surface area contributed by atoms with Crippen LogP contribution in [0, 0.1) is 0 Å². The summed E-state index contributed by atoms with van der Waals surface area (Å²) >= 11 is 13.0. The minimum absolute atomic E-state index is 0.0129. The van der Waals surface area contributed by atoms with E-state index in [0.717, 1.165) is 10.5 Å². The molecule has 0 bridgehead atoms. The second kappa shape index (κ2) is 12.2. The molecule has 4 N–H and O–H groups in total. The van der Waals surface area contributed by atoms with E-state index in [4.69, 9.17) is 33.7 Å². The van der Waals surface area contributed by atoms with Crippen molar-refractivity contribution < 1.29 is 24.2 Å². The number of para-hydroxylation sites is 1. The Kier molecular flexibility index (Phi) is 8.49. The lowest BCUT2D eigenvalue weighted by molar-refractivity contribution is 0.0695. The first kappa shape index (κ1) is 29.1. The molecule has 12 heteroatoms. The van der Waals surface area contributed by atoms with Crippen molar-refractivity contribution in [3.63, 3.8) is 0 Å². The largest absolute Gasteiger partial charge is 0.478 e. The summed E-state index contributed by atoms with van der Waals surface area (Å²) in [5.41, 5.74) is 10.2. The number of morpholine rings is 1. The Morgan fingerprint density at radius 2 is 1.81 bits per heavy atom. The van der Waals surface area contributed by atoms with Crippen molar-refractivity contribution in [1.82, 2.24) is 4.90 Å². The summed E-state index contributed by atoms with van der Waals surface area (Å²) in [5.74, 6) is -1.69. The molecule has 3 aromatic rings. The van der Waals surface area contributed by atoms with Crippen LogP contribution in [0.2, 0.25) is 10.0 Å². The Balaban J connectivity index is 1.48. The van der Waals surface area contributed by atoms with Gasteiger partial charge >= 0.3 is 12.0 Å². The summed E-state index contributed by atoms with van der Waals surface area (Å²) in [7, 11) is 1.59. The van der Waals surface area contributed by atoms with Crippen LogP contribution in [0.1, 0.15) is 31.8 Å². The molecule has 0 radical (unpaired) electrons. The summed E-state index contributed by atoms with van der Waals surface area (Å²) in [4.78, 5) is 45.8. The molecule has 42 heavy (non-hydrogen) atoms. The van der Waals surface area contributed by atoms with Crippen molar-refractivity contribution in [3.8, 4) is 11.1 Å². The number of hydrogen-bond donors (Lipinski definition) is 3. The molecule has 2 aliphatic rings. The third kappa shape index (κ3) is 5.56. The van der Waals surface area contributed by atoms with Gasteiger partial charge in [-0.05, 0) is 41.0 Å². The summed E-state index contributed by atoms with van der Waals surface area (Å²) in [6.07, 6.45) is 2.89. The lowest BCUT2D eigenvalue weighted by Crippen LogP contribution is -2.43. The number of carboxylic acids is 1. The quantitative estimate of drug-likeness (QED) is 0.320. The minimum Gasteiger partial charge on any atom is -0.478 e. The highest BCUT2D eigenvalue weighted by molar-refractivity contribution is 6.40. The fourth-order valence-corrected chi connectivity index (χ4v) is 5.73. The molecule has 0 aromatic heterocycles. The first-order chi connectivity index (χ1) is 20.2. The number of carbonyl (C=O) groups is 3. The average molecular weight is 608 g/mol. The Morgan fingerprint density at radius 1 is 1.10 bits per heavy atom. The standard InChI is InChI=1S/C30H27Cl2N5O5/c1-34-15-20(14-33)19-11-23(31)26(24(32)12-19)28(38)37-16-18-3-2-4-21(27(18)35-30(37)41)17-5-6-22(29(39)40)25(13-17)36-7-9-42-10-8-36/h2-6,11-15H,7-10,16,33H2,1H3,(H,35,41)(H,39,40). The minimum atomic E-state index is -1.03. The van der Waals surface area contributed by atoms with Crippen molar-refractivity contribution in [1.29, 1.82) is 0 Å². The second-order valence-corrected chi connectivity index (χ2v) is 10.4. The molecule has 1 fully saturated rings. The smallest absolute Gasteiger partial charge is 0.337 e. The Morgan fingerprint density at radius 3 is 2.45 bits per heavy atom. The fourth-order valence-electron chi connectivity index (χ4n) is 5.08. The second-order valence-electron chi connectivity index (χ2n) is 9.62. The SMILES string of the molecule is CN=CC(=CN)c1cc(Cl)c(C(=O)N2Cc3cccc(-c4ccc(C(=O)O)c(N5CCOCC5)c4)c3NC2=O)c(Cl)c1. The lowest BCUT2D eigenvalue weighted by Gasteiger charge is -2.31. The Hall–Kier alpha value is -4.38. The zero-order valence-electron chi connectivity index (χ0n) is 22.6. The molecule has 2 heterocycles. The number of carbonyl (C=O) groups excluding carboxylic acids is 2. The van der Waals surface area contributed by atoms with Gasteiger partial charge in [-0.2, -0.15) is 0 Å². The maximum absolute atomic E-state index is 13.6. The molecule has 0 spiro atoms. The third-order valence-corrected chi connectivity index (χ3v) is 7.73. The van der Waals surface area contributed by atoms with Gasteiger partial charge in [-0.1, -0.05) is 47.5 Å². The number of urea groups is 1. The van der Waals surface area contributed by atoms with E-state index in [-0.39, 0.29) is 27.7 Å². The van der Waals surface area contributed by atoms with E-state index in [1.54, 1.807) is 31.3 Å². The van der Waals surface area contributed by atoms with E-state index in [0.29, 0.717) is 59.9 Å². The number of aromatic carboxylic acids is 1. The van der Waals surface area contributed by atoms with Gasteiger partial charge in [0, 0.05) is 43.7 Å². The van der Waals surface area contributed by atoms with Crippen molar-refractivity contribution in [2.45, 2.75) is 6.54 Å². The van der Waals surface area contributed by atoms with Gasteiger partial charge in [-0.3, -0.25) is 14.7 Å². The van der Waals surface area contributed by atoms with E-state index in [1.807, 2.05) is 29.2 Å². The van der Waals surface area contributed by atoms with E-state index >= 15 is 0 Å². The van der Waals surface area contributed by atoms with Gasteiger partial charge in [0.1, 0.15) is 0 Å². The number of ether oxygens (including phenoxy) is 1. The number of aliphatic imine (C=N–C) groups is 1. The predicted octanol–water partition coefficient (Wildman–Crippen LogP) is 5.38. The molecular formula is C30H27Cl2N5O5. The number of amides is 3. The van der Waals surface area contributed by atoms with Crippen molar-refractivity contribution >= 4 is 64.3 Å². The van der Waals surface area contributed by atoms with E-state index < -0.39 is 17.9 Å². The van der Waals surface area contributed by atoms with Crippen LogP contribution < -0.4 is 16.0 Å². The number of imide groups is 1. The van der Waals surface area contributed by atoms with Crippen LogP contribution in [0.15, 0.2) is 59.7 Å². The average Bonchev–Trinajstić information content (AvgIpc) is 2.98. The normalized spacial score (nSPS) is 15.5. The van der Waals surface area contributed by atoms with Crippen molar-refractivity contribution in [2.75, 3.05) is 43.6 Å². The fraction of sp³-hybridized carbons (Fsp3) is 0.200. The zero-order valence-corrected chi connectivity index (χ0v) is 24.1. The van der Waals surface area contributed by atoms with Crippen LogP contribution in [-0.2, 0) is 11.3 Å². The van der Waals surface area contributed by atoms with Gasteiger partial charge in [-0.15, -0.1) is 0 Å². The molecule has 5 rings (SSSR count).